The molecule has 0 spiro atoms. The maximum absolute atomic E-state index is 13.7. The van der Waals surface area contributed by atoms with Gasteiger partial charge in [0.1, 0.15) is 5.82 Å². The third-order valence-corrected chi connectivity index (χ3v) is 2.69. The predicted molar refractivity (Wildman–Crippen MR) is 67.9 cm³/mol. The average Bonchev–Trinajstić information content (AvgIpc) is 2.89. The summed E-state index contributed by atoms with van der Waals surface area (Å²) < 4.78 is 15.0. The molecule has 0 unspecified atom stereocenters. The maximum atomic E-state index is 13.7. The number of hydrogen-bond donors (Lipinski definition) is 3. The van der Waals surface area contributed by atoms with Gasteiger partial charge in [-0.15, -0.1) is 0 Å². The van der Waals surface area contributed by atoms with Crippen LogP contribution in [-0.2, 0) is 6.54 Å². The number of carbonyl (C=O) groups excluding carboxylic acids is 2. The second kappa shape index (κ2) is 5.49. The molecule has 0 aliphatic rings. The second-order valence-corrected chi connectivity index (χ2v) is 4.07. The third-order valence-electron chi connectivity index (χ3n) is 2.69. The van der Waals surface area contributed by atoms with E-state index >= 15 is 0 Å². The molecule has 5 N–H and O–H groups in total. The Morgan fingerprint density at radius 3 is 2.70 bits per heavy atom. The van der Waals surface area contributed by atoms with Crippen LogP contribution >= 0.6 is 0 Å². The Labute approximate surface area is 113 Å². The topological polar surface area (TPSA) is 116 Å². The molecule has 0 fully saturated rings. The minimum atomic E-state index is -0.618. The van der Waals surface area contributed by atoms with Crippen LogP contribution in [0.15, 0.2) is 30.6 Å². The highest BCUT2D eigenvalue weighted by Crippen LogP contribution is 2.12. The van der Waals surface area contributed by atoms with Crippen molar-refractivity contribution in [1.82, 2.24) is 15.2 Å². The van der Waals surface area contributed by atoms with E-state index in [-0.39, 0.29) is 23.2 Å². The van der Waals surface area contributed by atoms with Gasteiger partial charge >= 0.3 is 0 Å². The lowest BCUT2D eigenvalue weighted by Gasteiger charge is -2.06. The van der Waals surface area contributed by atoms with Gasteiger partial charge in [0, 0.05) is 17.3 Å². The van der Waals surface area contributed by atoms with Gasteiger partial charge < -0.3 is 5.73 Å². The highest BCUT2D eigenvalue weighted by atomic mass is 19.1. The number of nitrogens with zero attached hydrogens (tertiary/aromatic N) is 2. The van der Waals surface area contributed by atoms with Crippen LogP contribution < -0.4 is 17.0 Å². The number of primary amides is 1. The average molecular weight is 277 g/mol. The Balaban J connectivity index is 2.27. The summed E-state index contributed by atoms with van der Waals surface area (Å²) in [4.78, 5) is 22.3. The maximum Gasteiger partial charge on any atom is 0.265 e. The fourth-order valence-electron chi connectivity index (χ4n) is 1.67. The number of carbonyl (C=O) groups is 2. The van der Waals surface area contributed by atoms with Crippen LogP contribution in [0.1, 0.15) is 26.3 Å². The molecule has 0 saturated heterocycles. The Kier molecular flexibility index (Phi) is 3.76. The van der Waals surface area contributed by atoms with Crippen molar-refractivity contribution in [2.75, 3.05) is 0 Å². The highest BCUT2D eigenvalue weighted by molar-refractivity contribution is 5.94. The third kappa shape index (κ3) is 2.81. The van der Waals surface area contributed by atoms with Crippen molar-refractivity contribution in [3.8, 4) is 0 Å². The van der Waals surface area contributed by atoms with E-state index in [1.54, 1.807) is 0 Å². The predicted octanol–water partition coefficient (Wildman–Crippen LogP) is -0.227. The van der Waals surface area contributed by atoms with Crippen molar-refractivity contribution in [1.29, 1.82) is 0 Å². The Hall–Kier alpha value is -2.74. The number of benzene rings is 1. The summed E-state index contributed by atoms with van der Waals surface area (Å²) in [5.74, 6) is 3.39. The van der Waals surface area contributed by atoms with Crippen molar-refractivity contribution in [2.24, 2.45) is 11.6 Å². The zero-order valence-electron chi connectivity index (χ0n) is 10.3. The van der Waals surface area contributed by atoms with Crippen LogP contribution in [0.2, 0.25) is 0 Å². The zero-order chi connectivity index (χ0) is 14.7. The first-order valence-electron chi connectivity index (χ1n) is 5.63. The first-order chi connectivity index (χ1) is 9.51. The molecule has 0 aliphatic heterocycles. The van der Waals surface area contributed by atoms with Crippen LogP contribution in [0.3, 0.4) is 0 Å². The number of aromatic nitrogens is 2. The minimum Gasteiger partial charge on any atom is -0.366 e. The lowest BCUT2D eigenvalue weighted by molar-refractivity contribution is 0.0952. The molecule has 2 amide bonds. The SMILES string of the molecule is NNC(=O)c1ccc(F)c(Cn2cc(C(N)=O)cn2)c1. The molecule has 0 aliphatic carbocycles. The van der Waals surface area contributed by atoms with E-state index < -0.39 is 17.6 Å². The van der Waals surface area contributed by atoms with Crippen molar-refractivity contribution in [3.63, 3.8) is 0 Å². The molecule has 0 bridgehead atoms. The fourth-order valence-corrected chi connectivity index (χ4v) is 1.67. The molecule has 7 nitrogen and oxygen atoms in total. The van der Waals surface area contributed by atoms with E-state index in [0.717, 1.165) is 0 Å². The van der Waals surface area contributed by atoms with E-state index in [1.807, 2.05) is 5.43 Å². The van der Waals surface area contributed by atoms with Gasteiger partial charge in [-0.05, 0) is 18.2 Å². The minimum absolute atomic E-state index is 0.0603. The van der Waals surface area contributed by atoms with Gasteiger partial charge in [0.05, 0.1) is 18.3 Å². The van der Waals surface area contributed by atoms with Crippen molar-refractivity contribution >= 4 is 11.8 Å². The molecule has 104 valence electrons. The molecule has 0 saturated carbocycles. The monoisotopic (exact) mass is 277 g/mol. The molecular formula is C12H12FN5O2. The number of halogens is 1. The second-order valence-electron chi connectivity index (χ2n) is 4.07. The van der Waals surface area contributed by atoms with Crippen LogP contribution in [0, 0.1) is 5.82 Å². The van der Waals surface area contributed by atoms with Gasteiger partial charge in [-0.3, -0.25) is 19.7 Å². The van der Waals surface area contributed by atoms with Crippen LogP contribution in [0.25, 0.3) is 0 Å². The lowest BCUT2D eigenvalue weighted by atomic mass is 10.1. The standard InChI is InChI=1S/C12H12FN5O2/c13-10-2-1-7(12(20)17-15)3-8(10)5-18-6-9(4-16-18)11(14)19/h1-4,6H,5,15H2,(H2,14,19)(H,17,20). The van der Waals surface area contributed by atoms with Crippen LogP contribution in [0.4, 0.5) is 4.39 Å². The quantitative estimate of drug-likeness (QED) is 0.406. The Morgan fingerprint density at radius 1 is 1.35 bits per heavy atom. The number of hydrazine groups is 1. The molecular weight excluding hydrogens is 265 g/mol. The van der Waals surface area contributed by atoms with Gasteiger partial charge in [0.2, 0.25) is 0 Å². The van der Waals surface area contributed by atoms with Crippen molar-refractivity contribution in [3.05, 3.63) is 53.1 Å². The first-order valence-corrected chi connectivity index (χ1v) is 5.63. The number of amides is 2. The fraction of sp³-hybridized carbons (Fsp3) is 0.0833. The number of rotatable bonds is 4. The van der Waals surface area contributed by atoms with Crippen LogP contribution in [-0.4, -0.2) is 21.6 Å². The number of nitrogen functional groups attached to an aromatic ring is 1. The summed E-state index contributed by atoms with van der Waals surface area (Å²) in [5, 5.41) is 3.89. The van der Waals surface area contributed by atoms with E-state index in [1.165, 1.54) is 35.3 Å². The molecule has 0 radical (unpaired) electrons. The van der Waals surface area contributed by atoms with E-state index in [9.17, 15) is 14.0 Å². The largest absolute Gasteiger partial charge is 0.366 e. The smallest absolute Gasteiger partial charge is 0.265 e. The van der Waals surface area contributed by atoms with E-state index in [4.69, 9.17) is 11.6 Å². The summed E-state index contributed by atoms with van der Waals surface area (Å²) in [5.41, 5.74) is 7.76. The molecule has 1 aromatic carbocycles. The number of nitrogens with one attached hydrogen (secondary N) is 1. The summed E-state index contributed by atoms with van der Waals surface area (Å²) in [6, 6.07) is 3.85. The molecule has 8 heteroatoms. The van der Waals surface area contributed by atoms with Crippen molar-refractivity contribution < 1.29 is 14.0 Å². The molecule has 0 atom stereocenters. The van der Waals surface area contributed by atoms with Gasteiger partial charge in [0.25, 0.3) is 11.8 Å². The highest BCUT2D eigenvalue weighted by Gasteiger charge is 2.11. The summed E-state index contributed by atoms with van der Waals surface area (Å²) in [6.45, 7) is 0.0603. The van der Waals surface area contributed by atoms with Crippen molar-refractivity contribution in [2.45, 2.75) is 6.54 Å². The molecule has 2 aromatic rings. The number of hydrogen-bond acceptors (Lipinski definition) is 4. The van der Waals surface area contributed by atoms with Gasteiger partial charge in [-0.2, -0.15) is 5.10 Å². The van der Waals surface area contributed by atoms with Gasteiger partial charge in [0.15, 0.2) is 0 Å². The van der Waals surface area contributed by atoms with Gasteiger partial charge in [-0.1, -0.05) is 0 Å². The summed E-state index contributed by atoms with van der Waals surface area (Å²) >= 11 is 0. The molecule has 1 heterocycles. The Morgan fingerprint density at radius 2 is 2.10 bits per heavy atom. The Bertz CT molecular complexity index is 668. The lowest BCUT2D eigenvalue weighted by Crippen LogP contribution is -2.30. The zero-order valence-corrected chi connectivity index (χ0v) is 10.3. The first kappa shape index (κ1) is 13.7. The van der Waals surface area contributed by atoms with Crippen LogP contribution in [0.5, 0.6) is 0 Å². The molecule has 2 rings (SSSR count). The number of nitrogens with two attached hydrogens (primary N) is 2. The summed E-state index contributed by atoms with van der Waals surface area (Å²) in [6.07, 6.45) is 2.69. The normalized spacial score (nSPS) is 10.3. The molecule has 1 aromatic heterocycles. The van der Waals surface area contributed by atoms with E-state index in [2.05, 4.69) is 5.10 Å². The summed E-state index contributed by atoms with van der Waals surface area (Å²) in [7, 11) is 0. The van der Waals surface area contributed by atoms with E-state index in [0.29, 0.717) is 0 Å². The molecule has 20 heavy (non-hydrogen) atoms. The van der Waals surface area contributed by atoms with Gasteiger partial charge in [-0.25, -0.2) is 10.2 Å².